The van der Waals surface area contributed by atoms with Gasteiger partial charge in [0.2, 0.25) is 9.84 Å². The number of rotatable bonds is 8. The number of fused-ring (bicyclic) bond motifs is 1. The van der Waals surface area contributed by atoms with Crippen molar-refractivity contribution in [1.29, 1.82) is 0 Å². The molecule has 0 aliphatic carbocycles. The van der Waals surface area contributed by atoms with Crippen molar-refractivity contribution in [2.75, 3.05) is 36.1 Å². The van der Waals surface area contributed by atoms with Crippen molar-refractivity contribution in [2.24, 2.45) is 0 Å². The highest BCUT2D eigenvalue weighted by Gasteiger charge is 2.32. The Kier molecular flexibility index (Phi) is 7.65. The topological polar surface area (TPSA) is 68.7 Å². The minimum atomic E-state index is -4.87. The zero-order valence-electron chi connectivity index (χ0n) is 19.0. The highest BCUT2D eigenvalue weighted by atomic mass is 32.2. The van der Waals surface area contributed by atoms with Gasteiger partial charge < -0.3 is 14.4 Å². The van der Waals surface area contributed by atoms with Crippen molar-refractivity contribution in [3.8, 4) is 11.5 Å². The van der Waals surface area contributed by atoms with E-state index < -0.39 is 21.9 Å². The third-order valence-corrected chi connectivity index (χ3v) is 8.24. The number of unbranched alkanes of at least 4 members (excludes halogenated alkanes) is 1. The summed E-state index contributed by atoms with van der Waals surface area (Å²) in [6.07, 6.45) is -1.71. The molecule has 2 aromatic carbocycles. The quantitative estimate of drug-likeness (QED) is 0.349. The third kappa shape index (κ3) is 5.95. The van der Waals surface area contributed by atoms with E-state index in [0.29, 0.717) is 42.0 Å². The predicted octanol–water partition coefficient (Wildman–Crippen LogP) is 5.70. The molecule has 0 bridgehead atoms. The Morgan fingerprint density at radius 3 is 2.40 bits per heavy atom. The van der Waals surface area contributed by atoms with Gasteiger partial charge in [-0.1, -0.05) is 13.3 Å². The fourth-order valence-corrected chi connectivity index (χ4v) is 6.16. The maximum Gasteiger partial charge on any atom is 0.573 e. The number of ether oxygens (including phenoxy) is 2. The van der Waals surface area contributed by atoms with E-state index in [9.17, 15) is 21.6 Å². The smallest absolute Gasteiger partial charge is 0.494 e. The number of hydrogen-bond donors (Lipinski definition) is 0. The van der Waals surface area contributed by atoms with E-state index in [1.54, 1.807) is 23.9 Å². The summed E-state index contributed by atoms with van der Waals surface area (Å²) in [6, 6.07) is 9.92. The van der Waals surface area contributed by atoms with Crippen LogP contribution in [0.4, 0.5) is 18.9 Å². The summed E-state index contributed by atoms with van der Waals surface area (Å²) < 4.78 is 75.7. The van der Waals surface area contributed by atoms with E-state index >= 15 is 0 Å². The van der Waals surface area contributed by atoms with Crippen molar-refractivity contribution in [3.63, 3.8) is 0 Å². The molecule has 2 heterocycles. The standard InChI is InChI=1S/C24H25F3N2O4S2/c1-2-3-12-32-17-4-7-19(8-5-17)35(30,31)22-16-28-21-9-6-18(33-24(25,26)27)15-20(21)23(22)29-10-13-34-14-11-29/h4-9,15-16H,2-3,10-14H2,1H3. The normalized spacial score (nSPS) is 14.8. The molecule has 0 saturated carbocycles. The summed E-state index contributed by atoms with van der Waals surface area (Å²) in [4.78, 5) is 6.15. The van der Waals surface area contributed by atoms with Gasteiger partial charge in [-0.05, 0) is 48.9 Å². The molecule has 0 spiro atoms. The van der Waals surface area contributed by atoms with Gasteiger partial charge in [0.1, 0.15) is 16.4 Å². The molecule has 0 unspecified atom stereocenters. The maximum atomic E-state index is 13.7. The molecule has 1 fully saturated rings. The van der Waals surface area contributed by atoms with Crippen molar-refractivity contribution in [2.45, 2.75) is 35.9 Å². The van der Waals surface area contributed by atoms with Crippen LogP contribution in [0.2, 0.25) is 0 Å². The van der Waals surface area contributed by atoms with Crippen LogP contribution in [0.5, 0.6) is 11.5 Å². The lowest BCUT2D eigenvalue weighted by molar-refractivity contribution is -0.274. The molecule has 1 saturated heterocycles. The molecule has 1 aliphatic rings. The Hall–Kier alpha value is -2.66. The average molecular weight is 527 g/mol. The van der Waals surface area contributed by atoms with Crippen molar-refractivity contribution in [1.82, 2.24) is 4.98 Å². The number of benzene rings is 2. The van der Waals surface area contributed by atoms with Crippen LogP contribution in [0.3, 0.4) is 0 Å². The molecule has 11 heteroatoms. The average Bonchev–Trinajstić information content (AvgIpc) is 2.83. The van der Waals surface area contributed by atoms with Gasteiger partial charge in [0.25, 0.3) is 0 Å². The number of nitrogens with zero attached hydrogens (tertiary/aromatic N) is 2. The van der Waals surface area contributed by atoms with Gasteiger partial charge in [-0.15, -0.1) is 13.2 Å². The number of halogens is 3. The summed E-state index contributed by atoms with van der Waals surface area (Å²) in [5.74, 6) is 1.68. The molecule has 3 aromatic rings. The first kappa shape index (κ1) is 25.4. The molecule has 0 amide bonds. The molecule has 1 aromatic heterocycles. The van der Waals surface area contributed by atoms with Crippen molar-refractivity contribution < 1.29 is 31.1 Å². The number of anilines is 1. The van der Waals surface area contributed by atoms with Crippen LogP contribution in [0.15, 0.2) is 58.5 Å². The monoisotopic (exact) mass is 526 g/mol. The van der Waals surface area contributed by atoms with Crippen LogP contribution in [0.25, 0.3) is 10.9 Å². The Morgan fingerprint density at radius 1 is 1.06 bits per heavy atom. The number of sulfone groups is 1. The second-order valence-electron chi connectivity index (χ2n) is 7.97. The zero-order valence-corrected chi connectivity index (χ0v) is 20.7. The molecular formula is C24H25F3N2O4S2. The summed E-state index contributed by atoms with van der Waals surface area (Å²) in [7, 11) is -4.03. The van der Waals surface area contributed by atoms with E-state index in [4.69, 9.17) is 4.74 Å². The molecule has 35 heavy (non-hydrogen) atoms. The van der Waals surface area contributed by atoms with E-state index in [1.165, 1.54) is 36.5 Å². The summed E-state index contributed by atoms with van der Waals surface area (Å²) >= 11 is 1.73. The van der Waals surface area contributed by atoms with Gasteiger partial charge in [-0.3, -0.25) is 4.98 Å². The number of thioether (sulfide) groups is 1. The zero-order chi connectivity index (χ0) is 25.1. The lowest BCUT2D eigenvalue weighted by atomic mass is 10.1. The minimum absolute atomic E-state index is 0.0526. The second-order valence-corrected chi connectivity index (χ2v) is 11.1. The van der Waals surface area contributed by atoms with Crippen molar-refractivity contribution in [3.05, 3.63) is 48.7 Å². The first-order chi connectivity index (χ1) is 16.7. The molecule has 0 N–H and O–H groups in total. The number of alkyl halides is 3. The van der Waals surface area contributed by atoms with Gasteiger partial charge >= 0.3 is 6.36 Å². The SMILES string of the molecule is CCCCOc1ccc(S(=O)(=O)c2cnc3ccc(OC(F)(F)F)cc3c2N2CCSCC2)cc1. The van der Waals surface area contributed by atoms with Gasteiger partial charge in [0.15, 0.2) is 0 Å². The summed E-state index contributed by atoms with van der Waals surface area (Å²) in [5.41, 5.74) is 0.720. The lowest BCUT2D eigenvalue weighted by Gasteiger charge is -2.31. The Labute approximate surface area is 206 Å². The second kappa shape index (κ2) is 10.5. The van der Waals surface area contributed by atoms with Crippen LogP contribution < -0.4 is 14.4 Å². The first-order valence-corrected chi connectivity index (χ1v) is 13.8. The molecule has 188 valence electrons. The van der Waals surface area contributed by atoms with E-state index in [-0.39, 0.29) is 9.79 Å². The molecule has 1 aliphatic heterocycles. The molecular weight excluding hydrogens is 501 g/mol. The van der Waals surface area contributed by atoms with Crippen LogP contribution in [-0.2, 0) is 9.84 Å². The fraction of sp³-hybridized carbons (Fsp3) is 0.375. The molecule has 4 rings (SSSR count). The van der Waals surface area contributed by atoms with Crippen LogP contribution >= 0.6 is 11.8 Å². The number of aromatic nitrogens is 1. The van der Waals surface area contributed by atoms with Crippen LogP contribution in [0, 0.1) is 0 Å². The Morgan fingerprint density at radius 2 is 1.74 bits per heavy atom. The Bertz CT molecular complexity index is 1280. The van der Waals surface area contributed by atoms with Gasteiger partial charge in [-0.25, -0.2) is 8.42 Å². The largest absolute Gasteiger partial charge is 0.573 e. The van der Waals surface area contributed by atoms with Gasteiger partial charge in [0, 0.05) is 36.2 Å². The van der Waals surface area contributed by atoms with E-state index in [2.05, 4.69) is 9.72 Å². The summed E-state index contributed by atoms with van der Waals surface area (Å²) in [6.45, 7) is 3.70. The Balaban J connectivity index is 1.80. The van der Waals surface area contributed by atoms with E-state index in [1.807, 2.05) is 11.8 Å². The fourth-order valence-electron chi connectivity index (χ4n) is 3.82. The summed E-state index contributed by atoms with van der Waals surface area (Å²) in [5, 5.41) is 0.291. The molecule has 0 atom stereocenters. The predicted molar refractivity (Wildman–Crippen MR) is 130 cm³/mol. The lowest BCUT2D eigenvalue weighted by Crippen LogP contribution is -2.33. The molecule has 0 radical (unpaired) electrons. The maximum absolute atomic E-state index is 13.7. The third-order valence-electron chi connectivity index (χ3n) is 5.53. The first-order valence-electron chi connectivity index (χ1n) is 11.2. The van der Waals surface area contributed by atoms with Gasteiger partial charge in [0.05, 0.1) is 22.7 Å². The highest BCUT2D eigenvalue weighted by molar-refractivity contribution is 7.99. The highest BCUT2D eigenvalue weighted by Crippen LogP contribution is 2.39. The minimum Gasteiger partial charge on any atom is -0.494 e. The van der Waals surface area contributed by atoms with E-state index in [0.717, 1.165) is 24.3 Å². The molecule has 6 nitrogen and oxygen atoms in total. The number of pyridine rings is 1. The van der Waals surface area contributed by atoms with Crippen molar-refractivity contribution >= 4 is 38.2 Å². The van der Waals surface area contributed by atoms with Gasteiger partial charge in [-0.2, -0.15) is 11.8 Å². The van der Waals surface area contributed by atoms with Crippen LogP contribution in [0.1, 0.15) is 19.8 Å². The van der Waals surface area contributed by atoms with Crippen LogP contribution in [-0.4, -0.2) is 51.0 Å². The number of hydrogen-bond acceptors (Lipinski definition) is 7.